The number of Topliss-reactive ketones (excluding diaryl/α,β-unsaturated/α-hetero) is 1. The third-order valence-corrected chi connectivity index (χ3v) is 2.60. The summed E-state index contributed by atoms with van der Waals surface area (Å²) < 4.78 is 0. The van der Waals surface area contributed by atoms with E-state index in [-0.39, 0.29) is 5.92 Å². The normalized spacial score (nSPS) is 11.1. The fraction of sp³-hybridized carbons (Fsp3) is 0.500. The first-order valence-electron chi connectivity index (χ1n) is 5.76. The molecule has 0 heterocycles. The van der Waals surface area contributed by atoms with Crippen LogP contribution in [-0.4, -0.2) is 24.3 Å². The molecule has 0 aromatic heterocycles. The summed E-state index contributed by atoms with van der Waals surface area (Å²) in [7, 11) is 1.99. The van der Waals surface area contributed by atoms with Crippen molar-refractivity contribution in [2.75, 3.05) is 13.6 Å². The molecule has 0 amide bonds. The van der Waals surface area contributed by atoms with Crippen LogP contribution in [-0.2, 0) is 11.3 Å². The zero-order valence-electron chi connectivity index (χ0n) is 10.7. The molecule has 0 aliphatic rings. The zero-order chi connectivity index (χ0) is 12.1. The van der Waals surface area contributed by atoms with Gasteiger partial charge in [-0.05, 0) is 19.5 Å². The van der Waals surface area contributed by atoms with Crippen molar-refractivity contribution in [1.29, 1.82) is 0 Å². The largest absolute Gasteiger partial charge is 0.298 e. The van der Waals surface area contributed by atoms with Gasteiger partial charge in [0.2, 0.25) is 0 Å². The minimum absolute atomic E-state index is 0.125. The van der Waals surface area contributed by atoms with Gasteiger partial charge in [-0.15, -0.1) is 0 Å². The maximum absolute atomic E-state index is 11.6. The Hall–Kier alpha value is -1.15. The molecule has 0 fully saturated rings. The molecule has 1 rings (SSSR count). The Balaban J connectivity index is 2.51. The second-order valence-corrected chi connectivity index (χ2v) is 4.78. The summed E-state index contributed by atoms with van der Waals surface area (Å²) in [5, 5.41) is 0. The van der Waals surface area contributed by atoms with Crippen LogP contribution in [0.1, 0.15) is 25.0 Å². The number of ketones is 1. The SMILES string of the molecule is Cc1cccc(CN(C)CC(=O)C(C)C)c1. The highest BCUT2D eigenvalue weighted by molar-refractivity contribution is 5.82. The van der Waals surface area contributed by atoms with Crippen LogP contribution in [0.4, 0.5) is 0 Å². The van der Waals surface area contributed by atoms with E-state index in [4.69, 9.17) is 0 Å². The molecule has 16 heavy (non-hydrogen) atoms. The van der Waals surface area contributed by atoms with Gasteiger partial charge in [0.05, 0.1) is 6.54 Å². The van der Waals surface area contributed by atoms with Gasteiger partial charge in [0.1, 0.15) is 5.78 Å². The molecule has 0 radical (unpaired) electrons. The molecule has 0 unspecified atom stereocenters. The lowest BCUT2D eigenvalue weighted by atomic mass is 10.1. The van der Waals surface area contributed by atoms with E-state index >= 15 is 0 Å². The topological polar surface area (TPSA) is 20.3 Å². The van der Waals surface area contributed by atoms with Gasteiger partial charge in [-0.2, -0.15) is 0 Å². The Morgan fingerprint density at radius 3 is 2.62 bits per heavy atom. The van der Waals surface area contributed by atoms with Gasteiger partial charge in [-0.3, -0.25) is 9.69 Å². The van der Waals surface area contributed by atoms with E-state index in [2.05, 4.69) is 36.1 Å². The zero-order valence-corrected chi connectivity index (χ0v) is 10.7. The number of nitrogens with zero attached hydrogens (tertiary/aromatic N) is 1. The van der Waals surface area contributed by atoms with Crippen molar-refractivity contribution in [1.82, 2.24) is 4.90 Å². The summed E-state index contributed by atoms with van der Waals surface area (Å²) in [6.07, 6.45) is 0. The van der Waals surface area contributed by atoms with Crippen LogP contribution in [0.15, 0.2) is 24.3 Å². The summed E-state index contributed by atoms with van der Waals surface area (Å²) in [6.45, 7) is 7.35. The molecule has 0 bridgehead atoms. The first-order chi connectivity index (χ1) is 7.49. The second-order valence-electron chi connectivity index (χ2n) is 4.78. The summed E-state index contributed by atoms with van der Waals surface area (Å²) in [6, 6.07) is 8.41. The fourth-order valence-corrected chi connectivity index (χ4v) is 1.63. The van der Waals surface area contributed by atoms with Crippen molar-refractivity contribution in [2.45, 2.75) is 27.3 Å². The Labute approximate surface area is 98.3 Å². The van der Waals surface area contributed by atoms with Crippen LogP contribution >= 0.6 is 0 Å². The molecule has 0 N–H and O–H groups in total. The molecule has 0 spiro atoms. The highest BCUT2D eigenvalue weighted by Gasteiger charge is 2.10. The van der Waals surface area contributed by atoms with Crippen molar-refractivity contribution in [2.24, 2.45) is 5.92 Å². The number of likely N-dealkylation sites (N-methyl/N-ethyl adjacent to an activating group) is 1. The fourth-order valence-electron chi connectivity index (χ4n) is 1.63. The summed E-state index contributed by atoms with van der Waals surface area (Å²) in [5.41, 5.74) is 2.53. The van der Waals surface area contributed by atoms with Crippen LogP contribution in [0.5, 0.6) is 0 Å². The van der Waals surface area contributed by atoms with Crippen molar-refractivity contribution >= 4 is 5.78 Å². The van der Waals surface area contributed by atoms with Crippen LogP contribution in [0.25, 0.3) is 0 Å². The third-order valence-electron chi connectivity index (χ3n) is 2.60. The molecule has 2 heteroatoms. The van der Waals surface area contributed by atoms with Gasteiger partial charge in [-0.25, -0.2) is 0 Å². The Morgan fingerprint density at radius 2 is 2.06 bits per heavy atom. The third kappa shape index (κ3) is 4.15. The highest BCUT2D eigenvalue weighted by atomic mass is 16.1. The van der Waals surface area contributed by atoms with Crippen LogP contribution in [0.3, 0.4) is 0 Å². The lowest BCUT2D eigenvalue weighted by molar-refractivity contribution is -0.122. The minimum Gasteiger partial charge on any atom is -0.298 e. The quantitative estimate of drug-likeness (QED) is 0.759. The summed E-state index contributed by atoms with van der Waals surface area (Å²) in [5.74, 6) is 0.426. The van der Waals surface area contributed by atoms with Crippen LogP contribution in [0, 0.1) is 12.8 Å². The molecule has 0 saturated heterocycles. The highest BCUT2D eigenvalue weighted by Crippen LogP contribution is 2.07. The molecular weight excluding hydrogens is 198 g/mol. The van der Waals surface area contributed by atoms with Crippen LogP contribution < -0.4 is 0 Å². The monoisotopic (exact) mass is 219 g/mol. The van der Waals surface area contributed by atoms with E-state index in [9.17, 15) is 4.79 Å². The number of carbonyl (C=O) groups excluding carboxylic acids is 1. The molecule has 0 aliphatic carbocycles. The average Bonchev–Trinajstić information content (AvgIpc) is 2.16. The molecule has 0 saturated carbocycles. The average molecular weight is 219 g/mol. The molecule has 1 aromatic carbocycles. The van der Waals surface area contributed by atoms with Gasteiger partial charge in [0, 0.05) is 12.5 Å². The van der Waals surface area contributed by atoms with Crippen molar-refractivity contribution in [3.8, 4) is 0 Å². The Bertz CT molecular complexity index is 358. The minimum atomic E-state index is 0.125. The van der Waals surface area contributed by atoms with Gasteiger partial charge in [0.15, 0.2) is 0 Å². The predicted molar refractivity (Wildman–Crippen MR) is 67.4 cm³/mol. The van der Waals surface area contributed by atoms with Crippen molar-refractivity contribution in [3.05, 3.63) is 35.4 Å². The molecule has 2 nitrogen and oxygen atoms in total. The van der Waals surface area contributed by atoms with E-state index in [1.165, 1.54) is 11.1 Å². The lowest BCUT2D eigenvalue weighted by Gasteiger charge is -2.17. The summed E-state index contributed by atoms with van der Waals surface area (Å²) in [4.78, 5) is 13.6. The first kappa shape index (κ1) is 12.9. The molecular formula is C14H21NO. The number of benzene rings is 1. The van der Waals surface area contributed by atoms with Crippen molar-refractivity contribution in [3.63, 3.8) is 0 Å². The number of rotatable bonds is 5. The molecule has 1 aromatic rings. The van der Waals surface area contributed by atoms with E-state index in [0.717, 1.165) is 6.54 Å². The number of aryl methyl sites for hydroxylation is 1. The number of carbonyl (C=O) groups is 1. The first-order valence-corrected chi connectivity index (χ1v) is 5.76. The maximum atomic E-state index is 11.6. The standard InChI is InChI=1S/C14H21NO/c1-11(2)14(16)10-15(4)9-13-7-5-6-12(3)8-13/h5-8,11H,9-10H2,1-4H3. The smallest absolute Gasteiger partial charge is 0.149 e. The van der Waals surface area contributed by atoms with Gasteiger partial charge in [0.25, 0.3) is 0 Å². The Morgan fingerprint density at radius 1 is 1.38 bits per heavy atom. The van der Waals surface area contributed by atoms with E-state index in [1.807, 2.05) is 20.9 Å². The van der Waals surface area contributed by atoms with Gasteiger partial charge in [-0.1, -0.05) is 43.7 Å². The van der Waals surface area contributed by atoms with Crippen LogP contribution in [0.2, 0.25) is 0 Å². The van der Waals surface area contributed by atoms with E-state index < -0.39 is 0 Å². The lowest BCUT2D eigenvalue weighted by Crippen LogP contribution is -2.28. The number of hydrogen-bond acceptors (Lipinski definition) is 2. The molecule has 0 atom stereocenters. The van der Waals surface area contributed by atoms with E-state index in [0.29, 0.717) is 12.3 Å². The van der Waals surface area contributed by atoms with Crippen molar-refractivity contribution < 1.29 is 4.79 Å². The van der Waals surface area contributed by atoms with Gasteiger partial charge < -0.3 is 0 Å². The molecule has 88 valence electrons. The molecule has 0 aliphatic heterocycles. The van der Waals surface area contributed by atoms with Gasteiger partial charge >= 0.3 is 0 Å². The number of hydrogen-bond donors (Lipinski definition) is 0. The second kappa shape index (κ2) is 5.80. The maximum Gasteiger partial charge on any atom is 0.149 e. The van der Waals surface area contributed by atoms with E-state index in [1.54, 1.807) is 0 Å². The Kier molecular flexibility index (Phi) is 4.69. The summed E-state index contributed by atoms with van der Waals surface area (Å²) >= 11 is 0. The predicted octanol–water partition coefficient (Wildman–Crippen LogP) is 2.65.